The average Bonchev–Trinajstić information content (AvgIpc) is 2.62. The number of rotatable bonds is 5. The van der Waals surface area contributed by atoms with Gasteiger partial charge < -0.3 is 4.74 Å². The van der Waals surface area contributed by atoms with Crippen LogP contribution in [-0.2, 0) is 17.8 Å². The van der Waals surface area contributed by atoms with E-state index in [0.717, 1.165) is 32.5 Å². The van der Waals surface area contributed by atoms with Gasteiger partial charge in [-0.15, -0.1) is 0 Å². The molecular weight excluding hydrogens is 330 g/mol. The van der Waals surface area contributed by atoms with E-state index in [0.29, 0.717) is 0 Å². The van der Waals surface area contributed by atoms with E-state index in [1.807, 2.05) is 0 Å². The summed E-state index contributed by atoms with van der Waals surface area (Å²) >= 11 is 0. The van der Waals surface area contributed by atoms with Gasteiger partial charge in [-0.2, -0.15) is 0 Å². The SMILES string of the molecule is CC1(C)CCC[C@@](C)(C#CCN(Cc2ccccc2)Cc2ccccc2)O1. The molecule has 0 saturated carbocycles. The van der Waals surface area contributed by atoms with Gasteiger partial charge in [-0.05, 0) is 51.2 Å². The lowest BCUT2D eigenvalue weighted by molar-refractivity contribution is -0.135. The zero-order valence-corrected chi connectivity index (χ0v) is 16.9. The Labute approximate surface area is 164 Å². The number of ether oxygens (including phenoxy) is 1. The van der Waals surface area contributed by atoms with E-state index in [4.69, 9.17) is 4.74 Å². The van der Waals surface area contributed by atoms with Crippen LogP contribution in [0.3, 0.4) is 0 Å². The molecule has 142 valence electrons. The standard InChI is InChI=1S/C25H31NO/c1-24(2)16-10-17-25(3,27-24)18-11-19-26(20-22-12-6-4-7-13-22)21-23-14-8-5-9-15-23/h4-9,12-15H,10,16-17,19-21H2,1-3H3/t25-/m0/s1. The second-order valence-corrected chi connectivity index (χ2v) is 8.36. The van der Waals surface area contributed by atoms with Gasteiger partial charge in [-0.1, -0.05) is 72.5 Å². The molecule has 1 saturated heterocycles. The molecule has 0 unspecified atom stereocenters. The molecule has 1 heterocycles. The smallest absolute Gasteiger partial charge is 0.126 e. The minimum absolute atomic E-state index is 0.0740. The van der Waals surface area contributed by atoms with Crippen molar-refractivity contribution in [3.63, 3.8) is 0 Å². The fourth-order valence-electron chi connectivity index (χ4n) is 3.84. The lowest BCUT2D eigenvalue weighted by atomic mass is 9.88. The molecule has 2 heteroatoms. The fraction of sp³-hybridized carbons (Fsp3) is 0.440. The molecule has 0 spiro atoms. The van der Waals surface area contributed by atoms with Crippen LogP contribution in [-0.4, -0.2) is 22.6 Å². The Morgan fingerprint density at radius 2 is 1.41 bits per heavy atom. The summed E-state index contributed by atoms with van der Waals surface area (Å²) in [6.07, 6.45) is 3.30. The van der Waals surface area contributed by atoms with Crippen LogP contribution in [0.4, 0.5) is 0 Å². The summed E-state index contributed by atoms with van der Waals surface area (Å²) in [6, 6.07) is 21.2. The lowest BCUT2D eigenvalue weighted by Gasteiger charge is -2.40. The summed E-state index contributed by atoms with van der Waals surface area (Å²) in [4.78, 5) is 2.40. The monoisotopic (exact) mass is 361 g/mol. The Morgan fingerprint density at radius 1 is 0.852 bits per heavy atom. The molecular formula is C25H31NO. The molecule has 2 nitrogen and oxygen atoms in total. The molecule has 0 aromatic heterocycles. The second-order valence-electron chi connectivity index (χ2n) is 8.36. The van der Waals surface area contributed by atoms with Crippen molar-refractivity contribution in [3.05, 3.63) is 71.8 Å². The van der Waals surface area contributed by atoms with Crippen LogP contribution in [0, 0.1) is 11.8 Å². The van der Waals surface area contributed by atoms with E-state index < -0.39 is 0 Å². The molecule has 0 N–H and O–H groups in total. The van der Waals surface area contributed by atoms with Crippen molar-refractivity contribution in [1.82, 2.24) is 4.90 Å². The van der Waals surface area contributed by atoms with Crippen molar-refractivity contribution in [2.45, 2.75) is 64.3 Å². The van der Waals surface area contributed by atoms with Gasteiger partial charge in [0.05, 0.1) is 12.1 Å². The van der Waals surface area contributed by atoms with E-state index in [9.17, 15) is 0 Å². The van der Waals surface area contributed by atoms with E-state index in [1.165, 1.54) is 17.5 Å². The normalized spacial score (nSPS) is 21.5. The Balaban J connectivity index is 1.70. The van der Waals surface area contributed by atoms with Gasteiger partial charge in [0.15, 0.2) is 0 Å². The van der Waals surface area contributed by atoms with Gasteiger partial charge in [-0.3, -0.25) is 4.90 Å². The van der Waals surface area contributed by atoms with Crippen molar-refractivity contribution >= 4 is 0 Å². The Kier molecular flexibility index (Phi) is 6.37. The van der Waals surface area contributed by atoms with Gasteiger partial charge in [0.25, 0.3) is 0 Å². The third-order valence-corrected chi connectivity index (χ3v) is 5.09. The maximum absolute atomic E-state index is 6.29. The number of hydrogen-bond donors (Lipinski definition) is 0. The molecule has 0 amide bonds. The molecule has 0 bridgehead atoms. The Bertz CT molecular complexity index is 731. The van der Waals surface area contributed by atoms with E-state index in [1.54, 1.807) is 0 Å². The summed E-state index contributed by atoms with van der Waals surface area (Å²) in [5, 5.41) is 0. The first-order valence-electron chi connectivity index (χ1n) is 9.95. The molecule has 1 atom stereocenters. The number of hydrogen-bond acceptors (Lipinski definition) is 2. The maximum Gasteiger partial charge on any atom is 0.126 e. The molecule has 1 fully saturated rings. The highest BCUT2D eigenvalue weighted by Gasteiger charge is 2.35. The topological polar surface area (TPSA) is 12.5 Å². The van der Waals surface area contributed by atoms with E-state index in [2.05, 4.69) is 98.2 Å². The quantitative estimate of drug-likeness (QED) is 0.658. The summed E-state index contributed by atoms with van der Waals surface area (Å²) in [6.45, 7) is 9.01. The maximum atomic E-state index is 6.29. The summed E-state index contributed by atoms with van der Waals surface area (Å²) in [7, 11) is 0. The van der Waals surface area contributed by atoms with E-state index in [-0.39, 0.29) is 11.2 Å². The van der Waals surface area contributed by atoms with Crippen LogP contribution in [0.1, 0.15) is 51.2 Å². The first-order valence-corrected chi connectivity index (χ1v) is 9.95. The molecule has 0 aliphatic carbocycles. The highest BCUT2D eigenvalue weighted by atomic mass is 16.5. The van der Waals surface area contributed by atoms with Crippen LogP contribution in [0.25, 0.3) is 0 Å². The van der Waals surface area contributed by atoms with Crippen molar-refractivity contribution in [2.24, 2.45) is 0 Å². The largest absolute Gasteiger partial charge is 0.357 e. The molecule has 27 heavy (non-hydrogen) atoms. The molecule has 0 radical (unpaired) electrons. The van der Waals surface area contributed by atoms with Crippen LogP contribution in [0.2, 0.25) is 0 Å². The van der Waals surface area contributed by atoms with Gasteiger partial charge in [0, 0.05) is 13.1 Å². The first-order chi connectivity index (χ1) is 12.9. The van der Waals surface area contributed by atoms with Crippen molar-refractivity contribution in [3.8, 4) is 11.8 Å². The van der Waals surface area contributed by atoms with Crippen LogP contribution >= 0.6 is 0 Å². The van der Waals surface area contributed by atoms with Crippen molar-refractivity contribution in [1.29, 1.82) is 0 Å². The van der Waals surface area contributed by atoms with E-state index >= 15 is 0 Å². The van der Waals surface area contributed by atoms with Crippen molar-refractivity contribution in [2.75, 3.05) is 6.54 Å². The summed E-state index contributed by atoms with van der Waals surface area (Å²) < 4.78 is 6.29. The van der Waals surface area contributed by atoms with Crippen molar-refractivity contribution < 1.29 is 4.74 Å². The average molecular weight is 362 g/mol. The first kappa shape index (κ1) is 19.7. The fourth-order valence-corrected chi connectivity index (χ4v) is 3.84. The van der Waals surface area contributed by atoms with Gasteiger partial charge in [0.2, 0.25) is 0 Å². The third kappa shape index (κ3) is 6.24. The minimum Gasteiger partial charge on any atom is -0.357 e. The molecule has 3 rings (SSSR count). The third-order valence-electron chi connectivity index (χ3n) is 5.09. The molecule has 2 aromatic rings. The zero-order chi connectivity index (χ0) is 19.2. The highest BCUT2D eigenvalue weighted by molar-refractivity contribution is 5.19. The van der Waals surface area contributed by atoms with Crippen LogP contribution in [0.5, 0.6) is 0 Å². The predicted octanol–water partition coefficient (Wildman–Crippen LogP) is 5.43. The number of nitrogens with zero attached hydrogens (tertiary/aromatic N) is 1. The van der Waals surface area contributed by atoms with Gasteiger partial charge in [-0.25, -0.2) is 0 Å². The van der Waals surface area contributed by atoms with Gasteiger partial charge >= 0.3 is 0 Å². The molecule has 2 aromatic carbocycles. The zero-order valence-electron chi connectivity index (χ0n) is 16.9. The van der Waals surface area contributed by atoms with Crippen LogP contribution < -0.4 is 0 Å². The lowest BCUT2D eigenvalue weighted by Crippen LogP contribution is -2.42. The number of benzene rings is 2. The highest BCUT2D eigenvalue weighted by Crippen LogP contribution is 2.34. The Morgan fingerprint density at radius 3 is 1.93 bits per heavy atom. The summed E-state index contributed by atoms with van der Waals surface area (Å²) in [5.41, 5.74) is 2.23. The minimum atomic E-state index is -0.326. The van der Waals surface area contributed by atoms with Crippen LogP contribution in [0.15, 0.2) is 60.7 Å². The summed E-state index contributed by atoms with van der Waals surface area (Å²) in [5.74, 6) is 6.87. The Hall–Kier alpha value is -2.08. The molecule has 1 aliphatic rings. The molecule has 1 aliphatic heterocycles. The van der Waals surface area contributed by atoms with Gasteiger partial charge in [0.1, 0.15) is 5.60 Å². The second kappa shape index (κ2) is 8.74. The predicted molar refractivity (Wildman–Crippen MR) is 112 cm³/mol.